The van der Waals surface area contributed by atoms with Crippen LogP contribution in [0.4, 0.5) is 0 Å². The van der Waals surface area contributed by atoms with Crippen LogP contribution < -0.4 is 0 Å². The SMILES string of the molecule is C=Cc1ccc2c(c1)sc1cc(C)ccc12. The van der Waals surface area contributed by atoms with Gasteiger partial charge < -0.3 is 0 Å². The molecule has 78 valence electrons. The maximum Gasteiger partial charge on any atom is 0.0361 e. The Hall–Kier alpha value is -1.60. The summed E-state index contributed by atoms with van der Waals surface area (Å²) < 4.78 is 2.72. The molecule has 3 rings (SSSR count). The highest BCUT2D eigenvalue weighted by Crippen LogP contribution is 2.34. The molecule has 0 fully saturated rings. The van der Waals surface area contributed by atoms with Crippen LogP contribution in [0, 0.1) is 6.92 Å². The second-order valence-electron chi connectivity index (χ2n) is 4.06. The summed E-state index contributed by atoms with van der Waals surface area (Å²) in [6.45, 7) is 5.95. The third kappa shape index (κ3) is 1.36. The van der Waals surface area contributed by atoms with E-state index in [9.17, 15) is 0 Å². The van der Waals surface area contributed by atoms with Gasteiger partial charge in [0.25, 0.3) is 0 Å². The standard InChI is InChI=1S/C15H12S/c1-3-11-5-7-13-12-6-4-10(2)8-14(12)16-15(13)9-11/h3-9H,1H2,2H3. The second-order valence-corrected chi connectivity index (χ2v) is 5.15. The van der Waals surface area contributed by atoms with Crippen LogP contribution in [-0.2, 0) is 0 Å². The number of rotatable bonds is 1. The molecule has 0 atom stereocenters. The molecule has 0 radical (unpaired) electrons. The lowest BCUT2D eigenvalue weighted by Gasteiger charge is -1.94. The van der Waals surface area contributed by atoms with Crippen molar-refractivity contribution in [2.75, 3.05) is 0 Å². The van der Waals surface area contributed by atoms with E-state index in [1.54, 1.807) is 0 Å². The summed E-state index contributed by atoms with van der Waals surface area (Å²) in [4.78, 5) is 0. The van der Waals surface area contributed by atoms with Crippen molar-refractivity contribution in [3.63, 3.8) is 0 Å². The van der Waals surface area contributed by atoms with E-state index < -0.39 is 0 Å². The van der Waals surface area contributed by atoms with Gasteiger partial charge in [-0.2, -0.15) is 0 Å². The zero-order valence-electron chi connectivity index (χ0n) is 9.16. The summed E-state index contributed by atoms with van der Waals surface area (Å²) in [6, 6.07) is 13.2. The van der Waals surface area contributed by atoms with E-state index in [0.29, 0.717) is 0 Å². The summed E-state index contributed by atoms with van der Waals surface area (Å²) in [5, 5.41) is 2.71. The lowest BCUT2D eigenvalue weighted by molar-refractivity contribution is 1.52. The van der Waals surface area contributed by atoms with Crippen molar-refractivity contribution in [3.05, 3.63) is 54.1 Å². The minimum Gasteiger partial charge on any atom is -0.135 e. The highest BCUT2D eigenvalue weighted by Gasteiger charge is 2.04. The summed E-state index contributed by atoms with van der Waals surface area (Å²) in [7, 11) is 0. The molecule has 0 spiro atoms. The molecule has 0 aliphatic carbocycles. The van der Waals surface area contributed by atoms with E-state index in [2.05, 4.69) is 49.9 Å². The fourth-order valence-corrected chi connectivity index (χ4v) is 3.28. The number of aryl methyl sites for hydroxylation is 1. The summed E-state index contributed by atoms with van der Waals surface area (Å²) in [5.74, 6) is 0. The molecule has 0 amide bonds. The van der Waals surface area contributed by atoms with Gasteiger partial charge in [0.2, 0.25) is 0 Å². The molecule has 0 nitrogen and oxygen atoms in total. The van der Waals surface area contributed by atoms with Gasteiger partial charge in [-0.05, 0) is 30.2 Å². The van der Waals surface area contributed by atoms with E-state index in [0.717, 1.165) is 0 Å². The third-order valence-corrected chi connectivity index (χ3v) is 4.00. The Balaban J connectivity index is 2.45. The van der Waals surface area contributed by atoms with Crippen LogP contribution in [0.1, 0.15) is 11.1 Å². The first-order valence-corrected chi connectivity index (χ1v) is 6.15. The molecule has 0 aliphatic heterocycles. The van der Waals surface area contributed by atoms with E-state index >= 15 is 0 Å². The van der Waals surface area contributed by atoms with Crippen LogP contribution in [0.15, 0.2) is 43.0 Å². The Kier molecular flexibility index (Phi) is 2.08. The number of benzene rings is 2. The monoisotopic (exact) mass is 224 g/mol. The van der Waals surface area contributed by atoms with Crippen LogP contribution in [0.2, 0.25) is 0 Å². The van der Waals surface area contributed by atoms with Gasteiger partial charge in [0.1, 0.15) is 0 Å². The van der Waals surface area contributed by atoms with E-state index in [4.69, 9.17) is 0 Å². The van der Waals surface area contributed by atoms with E-state index in [1.165, 1.54) is 31.3 Å². The Bertz CT molecular complexity index is 689. The van der Waals surface area contributed by atoms with E-state index in [-0.39, 0.29) is 0 Å². The van der Waals surface area contributed by atoms with Gasteiger partial charge in [-0.15, -0.1) is 11.3 Å². The molecule has 0 bridgehead atoms. The Morgan fingerprint density at radius 3 is 2.44 bits per heavy atom. The second kappa shape index (κ2) is 3.46. The third-order valence-electron chi connectivity index (χ3n) is 2.89. The fraction of sp³-hybridized carbons (Fsp3) is 0.0667. The Morgan fingerprint density at radius 2 is 1.69 bits per heavy atom. The number of hydrogen-bond acceptors (Lipinski definition) is 1. The van der Waals surface area contributed by atoms with Gasteiger partial charge >= 0.3 is 0 Å². The molecule has 1 heterocycles. The molecule has 1 heteroatoms. The first kappa shape index (κ1) is 9.61. The Labute approximate surface area is 98.8 Å². The largest absolute Gasteiger partial charge is 0.135 e. The molecule has 0 N–H and O–H groups in total. The van der Waals surface area contributed by atoms with E-state index in [1.807, 2.05) is 17.4 Å². The molecule has 0 saturated heterocycles. The average Bonchev–Trinajstić information content (AvgIpc) is 2.64. The highest BCUT2D eigenvalue weighted by molar-refractivity contribution is 7.25. The van der Waals surface area contributed by atoms with Gasteiger partial charge in [0.15, 0.2) is 0 Å². The van der Waals surface area contributed by atoms with Gasteiger partial charge in [-0.1, -0.05) is 36.9 Å². The van der Waals surface area contributed by atoms with Crippen molar-refractivity contribution in [2.45, 2.75) is 6.92 Å². The minimum atomic E-state index is 1.19. The van der Waals surface area contributed by atoms with Crippen molar-refractivity contribution >= 4 is 37.6 Å². The summed E-state index contributed by atoms with van der Waals surface area (Å²) in [5.41, 5.74) is 2.51. The Morgan fingerprint density at radius 1 is 1.00 bits per heavy atom. The van der Waals surface area contributed by atoms with Gasteiger partial charge in [0, 0.05) is 20.2 Å². The van der Waals surface area contributed by atoms with Crippen molar-refractivity contribution in [3.8, 4) is 0 Å². The molecule has 3 aromatic rings. The smallest absolute Gasteiger partial charge is 0.0361 e. The molecule has 16 heavy (non-hydrogen) atoms. The molecule has 0 unspecified atom stereocenters. The average molecular weight is 224 g/mol. The van der Waals surface area contributed by atoms with Crippen LogP contribution in [0.25, 0.3) is 26.2 Å². The fourth-order valence-electron chi connectivity index (χ4n) is 2.03. The quantitative estimate of drug-likeness (QED) is 0.545. The van der Waals surface area contributed by atoms with Crippen molar-refractivity contribution in [1.29, 1.82) is 0 Å². The first-order valence-electron chi connectivity index (χ1n) is 5.33. The molecule has 2 aromatic carbocycles. The van der Waals surface area contributed by atoms with Crippen molar-refractivity contribution < 1.29 is 0 Å². The molecule has 0 aliphatic rings. The molecular formula is C15H12S. The predicted molar refractivity (Wildman–Crippen MR) is 74.2 cm³/mol. The maximum atomic E-state index is 3.81. The molecular weight excluding hydrogens is 212 g/mol. The van der Waals surface area contributed by atoms with Crippen molar-refractivity contribution in [2.24, 2.45) is 0 Å². The van der Waals surface area contributed by atoms with Crippen LogP contribution >= 0.6 is 11.3 Å². The zero-order chi connectivity index (χ0) is 11.1. The number of fused-ring (bicyclic) bond motifs is 3. The summed E-state index contributed by atoms with van der Waals surface area (Å²) in [6.07, 6.45) is 1.90. The maximum absolute atomic E-state index is 3.81. The van der Waals surface area contributed by atoms with Crippen LogP contribution in [-0.4, -0.2) is 0 Å². The van der Waals surface area contributed by atoms with Crippen LogP contribution in [0.5, 0.6) is 0 Å². The lowest BCUT2D eigenvalue weighted by Crippen LogP contribution is -1.71. The topological polar surface area (TPSA) is 0 Å². The number of thiophene rings is 1. The molecule has 0 saturated carbocycles. The normalized spacial score (nSPS) is 11.1. The predicted octanol–water partition coefficient (Wildman–Crippen LogP) is 5.01. The number of hydrogen-bond donors (Lipinski definition) is 0. The van der Waals surface area contributed by atoms with Gasteiger partial charge in [-0.3, -0.25) is 0 Å². The van der Waals surface area contributed by atoms with Gasteiger partial charge in [-0.25, -0.2) is 0 Å². The highest BCUT2D eigenvalue weighted by atomic mass is 32.1. The van der Waals surface area contributed by atoms with Crippen molar-refractivity contribution in [1.82, 2.24) is 0 Å². The summed E-state index contributed by atoms with van der Waals surface area (Å²) >= 11 is 1.86. The molecule has 1 aromatic heterocycles. The lowest BCUT2D eigenvalue weighted by atomic mass is 10.1. The van der Waals surface area contributed by atoms with Gasteiger partial charge in [0.05, 0.1) is 0 Å². The zero-order valence-corrected chi connectivity index (χ0v) is 9.97. The minimum absolute atomic E-state index is 1.19. The first-order chi connectivity index (χ1) is 7.78. The van der Waals surface area contributed by atoms with Crippen LogP contribution in [0.3, 0.4) is 0 Å².